The van der Waals surface area contributed by atoms with Gasteiger partial charge >= 0.3 is 0 Å². The van der Waals surface area contributed by atoms with Crippen LogP contribution in [0, 0.1) is 0 Å². The fraction of sp³-hybridized carbons (Fsp3) is 0.214. The maximum absolute atomic E-state index is 5.53. The number of aromatic amines is 1. The lowest BCUT2D eigenvalue weighted by Crippen LogP contribution is -1.92. The fourth-order valence-corrected chi connectivity index (χ4v) is 2.62. The molecule has 0 spiro atoms. The standard InChI is InChI=1S/C14H14N4OS/c1-3-19-9-4-5-10(11(8-9)20-2)12-17-13-14(18-12)16-7-6-15-13/h4-8H,3H2,1-2H3,(H,15,16,17,18). The molecule has 0 bridgehead atoms. The number of imidazole rings is 1. The summed E-state index contributed by atoms with van der Waals surface area (Å²) in [7, 11) is 0. The number of aromatic nitrogens is 4. The van der Waals surface area contributed by atoms with E-state index in [1.165, 1.54) is 0 Å². The number of hydrogen-bond donors (Lipinski definition) is 1. The normalized spacial score (nSPS) is 10.9. The molecule has 0 aliphatic heterocycles. The highest BCUT2D eigenvalue weighted by molar-refractivity contribution is 7.98. The van der Waals surface area contributed by atoms with E-state index in [1.54, 1.807) is 24.2 Å². The van der Waals surface area contributed by atoms with E-state index in [0.29, 0.717) is 17.9 Å². The number of rotatable bonds is 4. The lowest BCUT2D eigenvalue weighted by atomic mass is 10.2. The van der Waals surface area contributed by atoms with Crippen LogP contribution in [0.4, 0.5) is 0 Å². The van der Waals surface area contributed by atoms with Crippen LogP contribution < -0.4 is 4.74 Å². The van der Waals surface area contributed by atoms with Gasteiger partial charge in [0.25, 0.3) is 0 Å². The summed E-state index contributed by atoms with van der Waals surface area (Å²) in [5, 5.41) is 0. The van der Waals surface area contributed by atoms with Crippen LogP contribution in [0.5, 0.6) is 5.75 Å². The summed E-state index contributed by atoms with van der Waals surface area (Å²) in [6, 6.07) is 5.98. The molecule has 3 aromatic rings. The Morgan fingerprint density at radius 2 is 2.10 bits per heavy atom. The topological polar surface area (TPSA) is 63.7 Å². The first-order valence-corrected chi connectivity index (χ1v) is 7.52. The number of nitrogens with one attached hydrogen (secondary N) is 1. The molecule has 0 aliphatic carbocycles. The maximum Gasteiger partial charge on any atom is 0.197 e. The van der Waals surface area contributed by atoms with Crippen LogP contribution in [0.25, 0.3) is 22.7 Å². The van der Waals surface area contributed by atoms with Gasteiger partial charge in [-0.3, -0.25) is 0 Å². The largest absolute Gasteiger partial charge is 0.494 e. The zero-order valence-electron chi connectivity index (χ0n) is 11.3. The van der Waals surface area contributed by atoms with E-state index in [0.717, 1.165) is 22.0 Å². The van der Waals surface area contributed by atoms with Crippen molar-refractivity contribution in [3.63, 3.8) is 0 Å². The Hall–Kier alpha value is -2.08. The first-order valence-electron chi connectivity index (χ1n) is 6.29. The van der Waals surface area contributed by atoms with Gasteiger partial charge in [0.05, 0.1) is 6.61 Å². The summed E-state index contributed by atoms with van der Waals surface area (Å²) in [5.74, 6) is 1.64. The van der Waals surface area contributed by atoms with Gasteiger partial charge < -0.3 is 9.72 Å². The average Bonchev–Trinajstić information content (AvgIpc) is 2.91. The maximum atomic E-state index is 5.53. The second kappa shape index (κ2) is 5.50. The van der Waals surface area contributed by atoms with Crippen molar-refractivity contribution >= 4 is 23.1 Å². The van der Waals surface area contributed by atoms with Crippen LogP contribution in [0.3, 0.4) is 0 Å². The molecule has 0 saturated heterocycles. The predicted octanol–water partition coefficient (Wildman–Crippen LogP) is 3.14. The molecule has 0 saturated carbocycles. The Morgan fingerprint density at radius 3 is 2.85 bits per heavy atom. The van der Waals surface area contributed by atoms with Crippen molar-refractivity contribution in [2.75, 3.05) is 12.9 Å². The van der Waals surface area contributed by atoms with Gasteiger partial charge in [-0.15, -0.1) is 11.8 Å². The molecule has 0 fully saturated rings. The van der Waals surface area contributed by atoms with Gasteiger partial charge in [-0.25, -0.2) is 15.0 Å². The van der Waals surface area contributed by atoms with Gasteiger partial charge in [0.2, 0.25) is 0 Å². The molecule has 102 valence electrons. The highest BCUT2D eigenvalue weighted by Crippen LogP contribution is 2.32. The summed E-state index contributed by atoms with van der Waals surface area (Å²) in [5.41, 5.74) is 2.35. The molecule has 1 N–H and O–H groups in total. The third kappa shape index (κ3) is 2.34. The quantitative estimate of drug-likeness (QED) is 0.746. The number of H-pyrrole nitrogens is 1. The fourth-order valence-electron chi connectivity index (χ4n) is 2.00. The molecular formula is C14H14N4OS. The summed E-state index contributed by atoms with van der Waals surface area (Å²) in [4.78, 5) is 17.2. The zero-order chi connectivity index (χ0) is 13.9. The molecule has 0 amide bonds. The molecule has 5 nitrogen and oxygen atoms in total. The predicted molar refractivity (Wildman–Crippen MR) is 80.1 cm³/mol. The number of thioether (sulfide) groups is 1. The van der Waals surface area contributed by atoms with Crippen LogP contribution >= 0.6 is 11.8 Å². The molecule has 20 heavy (non-hydrogen) atoms. The molecule has 2 heterocycles. The Labute approximate surface area is 120 Å². The van der Waals surface area contributed by atoms with E-state index < -0.39 is 0 Å². The summed E-state index contributed by atoms with van der Waals surface area (Å²) < 4.78 is 5.53. The molecule has 0 atom stereocenters. The van der Waals surface area contributed by atoms with E-state index >= 15 is 0 Å². The van der Waals surface area contributed by atoms with E-state index in [4.69, 9.17) is 4.74 Å². The SMILES string of the molecule is CCOc1ccc(-c2nc3nccnc3[nH]2)c(SC)c1. The summed E-state index contributed by atoms with van der Waals surface area (Å²) in [6.07, 6.45) is 5.33. The second-order valence-corrected chi connectivity index (χ2v) is 4.96. The number of benzene rings is 1. The number of ether oxygens (including phenoxy) is 1. The van der Waals surface area contributed by atoms with Crippen molar-refractivity contribution in [2.24, 2.45) is 0 Å². The number of fused-ring (bicyclic) bond motifs is 1. The third-order valence-electron chi connectivity index (χ3n) is 2.87. The molecule has 6 heteroatoms. The van der Waals surface area contributed by atoms with Crippen molar-refractivity contribution in [1.82, 2.24) is 19.9 Å². The lowest BCUT2D eigenvalue weighted by molar-refractivity contribution is 0.339. The Kier molecular flexibility index (Phi) is 3.56. The molecular weight excluding hydrogens is 272 g/mol. The molecule has 0 radical (unpaired) electrons. The summed E-state index contributed by atoms with van der Waals surface area (Å²) in [6.45, 7) is 2.63. The first-order chi connectivity index (χ1) is 9.81. The highest BCUT2D eigenvalue weighted by atomic mass is 32.2. The van der Waals surface area contributed by atoms with Crippen LogP contribution in [-0.4, -0.2) is 32.8 Å². The molecule has 0 unspecified atom stereocenters. The van der Waals surface area contributed by atoms with Gasteiger partial charge in [-0.2, -0.15) is 0 Å². The third-order valence-corrected chi connectivity index (χ3v) is 3.65. The van der Waals surface area contributed by atoms with Gasteiger partial charge in [0.1, 0.15) is 11.6 Å². The van der Waals surface area contributed by atoms with Gasteiger partial charge in [0, 0.05) is 22.9 Å². The molecule has 1 aromatic carbocycles. The highest BCUT2D eigenvalue weighted by Gasteiger charge is 2.11. The zero-order valence-corrected chi connectivity index (χ0v) is 12.1. The van der Waals surface area contributed by atoms with E-state index in [9.17, 15) is 0 Å². The van der Waals surface area contributed by atoms with Crippen LogP contribution in [0.15, 0.2) is 35.5 Å². The molecule has 3 rings (SSSR count). The first kappa shape index (κ1) is 12.9. The van der Waals surface area contributed by atoms with Crippen LogP contribution in [0.1, 0.15) is 6.92 Å². The van der Waals surface area contributed by atoms with Crippen molar-refractivity contribution in [1.29, 1.82) is 0 Å². The number of nitrogens with zero attached hydrogens (tertiary/aromatic N) is 3. The summed E-state index contributed by atoms with van der Waals surface area (Å²) >= 11 is 1.66. The minimum Gasteiger partial charge on any atom is -0.494 e. The van der Waals surface area contributed by atoms with E-state index in [-0.39, 0.29) is 0 Å². The van der Waals surface area contributed by atoms with Crippen LogP contribution in [0.2, 0.25) is 0 Å². The van der Waals surface area contributed by atoms with Gasteiger partial charge in [-0.05, 0) is 31.4 Å². The monoisotopic (exact) mass is 286 g/mol. The Morgan fingerprint density at radius 1 is 1.25 bits per heavy atom. The van der Waals surface area contributed by atoms with Gasteiger partial charge in [0.15, 0.2) is 11.3 Å². The number of hydrogen-bond acceptors (Lipinski definition) is 5. The Bertz CT molecular complexity index is 708. The average molecular weight is 286 g/mol. The smallest absolute Gasteiger partial charge is 0.197 e. The van der Waals surface area contributed by atoms with Gasteiger partial charge in [-0.1, -0.05) is 0 Å². The molecule has 2 aromatic heterocycles. The van der Waals surface area contributed by atoms with Crippen molar-refractivity contribution in [3.8, 4) is 17.1 Å². The van der Waals surface area contributed by atoms with E-state index in [1.807, 2.05) is 31.4 Å². The lowest BCUT2D eigenvalue weighted by Gasteiger charge is -2.08. The van der Waals surface area contributed by atoms with Crippen molar-refractivity contribution < 1.29 is 4.74 Å². The van der Waals surface area contributed by atoms with Crippen molar-refractivity contribution in [2.45, 2.75) is 11.8 Å². The minimum atomic E-state index is 0.628. The molecule has 0 aliphatic rings. The minimum absolute atomic E-state index is 0.628. The Balaban J connectivity index is 2.08. The van der Waals surface area contributed by atoms with Crippen LogP contribution in [-0.2, 0) is 0 Å². The van der Waals surface area contributed by atoms with Crippen molar-refractivity contribution in [3.05, 3.63) is 30.6 Å². The second-order valence-electron chi connectivity index (χ2n) is 4.11. The van der Waals surface area contributed by atoms with E-state index in [2.05, 4.69) is 19.9 Å².